The van der Waals surface area contributed by atoms with Crippen LogP contribution in [-0.2, 0) is 27.1 Å². The topological polar surface area (TPSA) is 67.2 Å². The second kappa shape index (κ2) is 5.64. The molecule has 0 fully saturated rings. The van der Waals surface area contributed by atoms with E-state index in [-0.39, 0.29) is 6.61 Å². The van der Waals surface area contributed by atoms with Gasteiger partial charge in [-0.3, -0.25) is 4.18 Å². The summed E-state index contributed by atoms with van der Waals surface area (Å²) in [5.41, 5.74) is 1.95. The van der Waals surface area contributed by atoms with Gasteiger partial charge in [-0.1, -0.05) is 24.3 Å². The Bertz CT molecular complexity index is 471. The van der Waals surface area contributed by atoms with Gasteiger partial charge in [0.05, 0.1) is 25.4 Å². The number of nitriles is 1. The normalized spacial score (nSPS) is 11.0. The summed E-state index contributed by atoms with van der Waals surface area (Å²) in [7, 11) is -3.35. The Morgan fingerprint density at radius 2 is 1.81 bits per heavy atom. The van der Waals surface area contributed by atoms with Crippen LogP contribution >= 0.6 is 0 Å². The van der Waals surface area contributed by atoms with Gasteiger partial charge < -0.3 is 0 Å². The van der Waals surface area contributed by atoms with Gasteiger partial charge in [0.2, 0.25) is 0 Å². The van der Waals surface area contributed by atoms with E-state index in [1.165, 1.54) is 0 Å². The number of nitrogens with zero attached hydrogens (tertiary/aromatic N) is 1. The molecule has 0 aliphatic rings. The molecule has 0 bridgehead atoms. The second-order valence-corrected chi connectivity index (χ2v) is 5.07. The van der Waals surface area contributed by atoms with Crippen molar-refractivity contribution in [2.75, 3.05) is 12.9 Å². The van der Waals surface area contributed by atoms with Crippen LogP contribution in [0.2, 0.25) is 0 Å². The van der Waals surface area contributed by atoms with E-state index < -0.39 is 10.1 Å². The van der Waals surface area contributed by atoms with Crippen molar-refractivity contribution in [3.05, 3.63) is 35.4 Å². The smallest absolute Gasteiger partial charge is 0.264 e. The molecule has 0 aromatic heterocycles. The fourth-order valence-electron chi connectivity index (χ4n) is 1.23. The molecule has 86 valence electrons. The minimum absolute atomic E-state index is 0.149. The van der Waals surface area contributed by atoms with Gasteiger partial charge in [-0.15, -0.1) is 0 Å². The Labute approximate surface area is 95.6 Å². The van der Waals surface area contributed by atoms with Crippen LogP contribution in [0, 0.1) is 11.3 Å². The summed E-state index contributed by atoms with van der Waals surface area (Å²) < 4.78 is 26.0. The van der Waals surface area contributed by atoms with Crippen LogP contribution in [0.5, 0.6) is 0 Å². The fourth-order valence-corrected chi connectivity index (χ4v) is 1.61. The van der Waals surface area contributed by atoms with Gasteiger partial charge in [-0.25, -0.2) is 0 Å². The Morgan fingerprint density at radius 1 is 1.25 bits per heavy atom. The van der Waals surface area contributed by atoms with Crippen LogP contribution < -0.4 is 0 Å². The first-order valence-electron chi connectivity index (χ1n) is 4.80. The second-order valence-electron chi connectivity index (χ2n) is 3.43. The highest BCUT2D eigenvalue weighted by Crippen LogP contribution is 2.06. The molecule has 1 aromatic carbocycles. The van der Waals surface area contributed by atoms with Crippen LogP contribution in [0.3, 0.4) is 0 Å². The molecule has 0 amide bonds. The van der Waals surface area contributed by atoms with E-state index in [0.717, 1.165) is 17.4 Å². The Hall–Kier alpha value is -1.38. The van der Waals surface area contributed by atoms with Gasteiger partial charge in [0.1, 0.15) is 0 Å². The third-order valence-electron chi connectivity index (χ3n) is 1.99. The maximum Gasteiger partial charge on any atom is 0.264 e. The van der Waals surface area contributed by atoms with Crippen molar-refractivity contribution in [2.24, 2.45) is 0 Å². The predicted molar refractivity (Wildman–Crippen MR) is 60.3 cm³/mol. The summed E-state index contributed by atoms with van der Waals surface area (Å²) in [6.45, 7) is 0.149. The zero-order valence-corrected chi connectivity index (χ0v) is 9.83. The molecule has 1 aromatic rings. The molecule has 0 saturated heterocycles. The highest BCUT2D eigenvalue weighted by Gasteiger charge is 2.01. The molecule has 0 spiro atoms. The maximum atomic E-state index is 10.7. The summed E-state index contributed by atoms with van der Waals surface area (Å²) >= 11 is 0. The molecule has 0 unspecified atom stereocenters. The third kappa shape index (κ3) is 4.91. The molecule has 0 aliphatic carbocycles. The molecule has 0 radical (unpaired) electrons. The molecule has 5 heteroatoms. The number of hydrogen-bond acceptors (Lipinski definition) is 4. The van der Waals surface area contributed by atoms with Crippen molar-refractivity contribution in [3.8, 4) is 6.07 Å². The maximum absolute atomic E-state index is 10.7. The van der Waals surface area contributed by atoms with Gasteiger partial charge in [-0.05, 0) is 17.5 Å². The number of benzene rings is 1. The lowest BCUT2D eigenvalue weighted by molar-refractivity contribution is 0.326. The minimum Gasteiger partial charge on any atom is -0.270 e. The van der Waals surface area contributed by atoms with Crippen LogP contribution in [0.15, 0.2) is 24.3 Å². The largest absolute Gasteiger partial charge is 0.270 e. The van der Waals surface area contributed by atoms with E-state index >= 15 is 0 Å². The monoisotopic (exact) mass is 239 g/mol. The van der Waals surface area contributed by atoms with Gasteiger partial charge in [0.25, 0.3) is 10.1 Å². The zero-order chi connectivity index (χ0) is 12.0. The highest BCUT2D eigenvalue weighted by molar-refractivity contribution is 7.85. The van der Waals surface area contributed by atoms with Crippen LogP contribution in [0.25, 0.3) is 0 Å². The molecule has 0 atom stereocenters. The van der Waals surface area contributed by atoms with Crippen LogP contribution in [0.1, 0.15) is 11.1 Å². The quantitative estimate of drug-likeness (QED) is 0.726. The van der Waals surface area contributed by atoms with Crippen molar-refractivity contribution in [3.63, 3.8) is 0 Å². The highest BCUT2D eigenvalue weighted by atomic mass is 32.2. The summed E-state index contributed by atoms with van der Waals surface area (Å²) in [5, 5.41) is 8.48. The van der Waals surface area contributed by atoms with Crippen molar-refractivity contribution in [2.45, 2.75) is 12.8 Å². The SMILES string of the molecule is CS(=O)(=O)OCCc1ccc(CC#N)cc1. The zero-order valence-electron chi connectivity index (χ0n) is 9.01. The lowest BCUT2D eigenvalue weighted by atomic mass is 10.1. The molecule has 0 heterocycles. The standard InChI is InChI=1S/C11H13NO3S/c1-16(13,14)15-9-7-11-4-2-10(3-5-11)6-8-12/h2-5H,6-7,9H2,1H3. The molecule has 1 rings (SSSR count). The summed E-state index contributed by atoms with van der Waals surface area (Å²) in [6, 6.07) is 9.53. The molecular weight excluding hydrogens is 226 g/mol. The van der Waals surface area contributed by atoms with Gasteiger partial charge in [0.15, 0.2) is 0 Å². The van der Waals surface area contributed by atoms with Crippen molar-refractivity contribution >= 4 is 10.1 Å². The fraction of sp³-hybridized carbons (Fsp3) is 0.364. The summed E-state index contributed by atoms with van der Waals surface area (Å²) in [4.78, 5) is 0. The average Bonchev–Trinajstić information content (AvgIpc) is 2.19. The van der Waals surface area contributed by atoms with Gasteiger partial charge in [0, 0.05) is 0 Å². The number of hydrogen-bond donors (Lipinski definition) is 0. The van der Waals surface area contributed by atoms with Crippen molar-refractivity contribution in [1.29, 1.82) is 5.26 Å². The van der Waals surface area contributed by atoms with E-state index in [1.54, 1.807) is 0 Å². The first kappa shape index (κ1) is 12.7. The summed E-state index contributed by atoms with van der Waals surface area (Å²) in [6.07, 6.45) is 1.96. The third-order valence-corrected chi connectivity index (χ3v) is 2.59. The van der Waals surface area contributed by atoms with Gasteiger partial charge in [-0.2, -0.15) is 13.7 Å². The van der Waals surface area contributed by atoms with E-state index in [1.807, 2.05) is 24.3 Å². The van der Waals surface area contributed by atoms with E-state index in [4.69, 9.17) is 5.26 Å². The minimum atomic E-state index is -3.35. The molecule has 16 heavy (non-hydrogen) atoms. The lowest BCUT2D eigenvalue weighted by Crippen LogP contribution is -2.06. The average molecular weight is 239 g/mol. The molecule has 0 saturated carbocycles. The lowest BCUT2D eigenvalue weighted by Gasteiger charge is -2.02. The Balaban J connectivity index is 2.47. The molecule has 4 nitrogen and oxygen atoms in total. The first-order valence-corrected chi connectivity index (χ1v) is 6.62. The van der Waals surface area contributed by atoms with Gasteiger partial charge >= 0.3 is 0 Å². The van der Waals surface area contributed by atoms with Crippen LogP contribution in [0.4, 0.5) is 0 Å². The number of rotatable bonds is 5. The molecular formula is C11H13NO3S. The molecule has 0 aliphatic heterocycles. The van der Waals surface area contributed by atoms with E-state index in [9.17, 15) is 8.42 Å². The predicted octanol–water partition coefficient (Wildman–Crippen LogP) is 1.27. The van der Waals surface area contributed by atoms with Crippen LogP contribution in [-0.4, -0.2) is 21.3 Å². The van der Waals surface area contributed by atoms with Crippen molar-refractivity contribution < 1.29 is 12.6 Å². The first-order chi connectivity index (χ1) is 7.51. The van der Waals surface area contributed by atoms with Crippen molar-refractivity contribution in [1.82, 2.24) is 0 Å². The Kier molecular flexibility index (Phi) is 4.47. The van der Waals surface area contributed by atoms with E-state index in [2.05, 4.69) is 10.3 Å². The summed E-state index contributed by atoms with van der Waals surface area (Å²) in [5.74, 6) is 0. The molecule has 0 N–H and O–H groups in total. The Morgan fingerprint density at radius 3 is 2.31 bits per heavy atom. The van der Waals surface area contributed by atoms with E-state index in [0.29, 0.717) is 12.8 Å².